The maximum absolute atomic E-state index is 12.3. The predicted molar refractivity (Wildman–Crippen MR) is 78.3 cm³/mol. The molecule has 20 heavy (non-hydrogen) atoms. The van der Waals surface area contributed by atoms with Gasteiger partial charge in [0.2, 0.25) is 5.91 Å². The van der Waals surface area contributed by atoms with Crippen molar-refractivity contribution in [2.45, 2.75) is 39.0 Å². The SMILES string of the molecule is COC(=O)C(C)CN(C)CC(=O)N1CCCCCCC1. The van der Waals surface area contributed by atoms with Crippen molar-refractivity contribution in [3.63, 3.8) is 0 Å². The molecule has 0 aliphatic carbocycles. The minimum Gasteiger partial charge on any atom is -0.469 e. The van der Waals surface area contributed by atoms with Crippen LogP contribution in [0, 0.1) is 5.92 Å². The number of likely N-dealkylation sites (N-methyl/N-ethyl adjacent to an activating group) is 1. The predicted octanol–water partition coefficient (Wildman–Crippen LogP) is 1.52. The molecule has 0 saturated carbocycles. The van der Waals surface area contributed by atoms with Crippen LogP contribution in [0.3, 0.4) is 0 Å². The summed E-state index contributed by atoms with van der Waals surface area (Å²) in [5.41, 5.74) is 0. The van der Waals surface area contributed by atoms with Gasteiger partial charge < -0.3 is 9.64 Å². The lowest BCUT2D eigenvalue weighted by Crippen LogP contribution is -2.42. The molecule has 0 radical (unpaired) electrons. The van der Waals surface area contributed by atoms with Crippen molar-refractivity contribution in [1.29, 1.82) is 0 Å². The largest absolute Gasteiger partial charge is 0.469 e. The molecule has 5 nitrogen and oxygen atoms in total. The fourth-order valence-electron chi connectivity index (χ4n) is 2.64. The summed E-state index contributed by atoms with van der Waals surface area (Å²) in [6, 6.07) is 0. The molecular weight excluding hydrogens is 256 g/mol. The van der Waals surface area contributed by atoms with Gasteiger partial charge in [0.25, 0.3) is 0 Å². The van der Waals surface area contributed by atoms with E-state index in [-0.39, 0.29) is 17.8 Å². The van der Waals surface area contributed by atoms with Gasteiger partial charge in [-0.15, -0.1) is 0 Å². The number of hydrogen-bond donors (Lipinski definition) is 0. The first-order chi connectivity index (χ1) is 9.54. The summed E-state index contributed by atoms with van der Waals surface area (Å²) >= 11 is 0. The first-order valence-corrected chi connectivity index (χ1v) is 7.58. The van der Waals surface area contributed by atoms with Crippen LogP contribution in [-0.2, 0) is 14.3 Å². The monoisotopic (exact) mass is 284 g/mol. The third kappa shape index (κ3) is 5.90. The van der Waals surface area contributed by atoms with Crippen molar-refractivity contribution >= 4 is 11.9 Å². The van der Waals surface area contributed by atoms with Crippen LogP contribution in [0.4, 0.5) is 0 Å². The van der Waals surface area contributed by atoms with E-state index in [4.69, 9.17) is 4.74 Å². The molecule has 5 heteroatoms. The van der Waals surface area contributed by atoms with Crippen LogP contribution in [0.15, 0.2) is 0 Å². The maximum atomic E-state index is 12.3. The molecule has 1 unspecified atom stereocenters. The van der Waals surface area contributed by atoms with E-state index in [1.807, 2.05) is 23.8 Å². The molecule has 0 bridgehead atoms. The van der Waals surface area contributed by atoms with Gasteiger partial charge in [0, 0.05) is 19.6 Å². The molecule has 1 aliphatic rings. The van der Waals surface area contributed by atoms with Gasteiger partial charge in [0.05, 0.1) is 19.6 Å². The molecule has 1 fully saturated rings. The fourth-order valence-corrected chi connectivity index (χ4v) is 2.64. The molecule has 0 N–H and O–H groups in total. The second-order valence-corrected chi connectivity index (χ2v) is 5.77. The Hall–Kier alpha value is -1.10. The summed E-state index contributed by atoms with van der Waals surface area (Å²) < 4.78 is 4.70. The van der Waals surface area contributed by atoms with Crippen LogP contribution in [-0.4, -0.2) is 62.0 Å². The second kappa shape index (κ2) is 8.95. The smallest absolute Gasteiger partial charge is 0.309 e. The highest BCUT2D eigenvalue weighted by atomic mass is 16.5. The summed E-state index contributed by atoms with van der Waals surface area (Å²) in [7, 11) is 3.27. The quantitative estimate of drug-likeness (QED) is 0.718. The molecule has 1 saturated heterocycles. The molecule has 0 aromatic carbocycles. The van der Waals surface area contributed by atoms with Crippen LogP contribution in [0.1, 0.15) is 39.0 Å². The van der Waals surface area contributed by atoms with Gasteiger partial charge in [0.1, 0.15) is 0 Å². The van der Waals surface area contributed by atoms with Crippen LogP contribution < -0.4 is 0 Å². The Kier molecular flexibility index (Phi) is 7.59. The number of carbonyl (C=O) groups excluding carboxylic acids is 2. The number of likely N-dealkylation sites (tertiary alicyclic amines) is 1. The highest BCUT2D eigenvalue weighted by Gasteiger charge is 2.20. The Labute approximate surface area is 122 Å². The zero-order chi connectivity index (χ0) is 15.0. The van der Waals surface area contributed by atoms with Crippen molar-refractivity contribution in [2.75, 3.05) is 40.3 Å². The number of esters is 1. The molecular formula is C15H28N2O3. The Bertz CT molecular complexity index is 312. The van der Waals surface area contributed by atoms with Crippen LogP contribution in [0.25, 0.3) is 0 Å². The summed E-state index contributed by atoms with van der Waals surface area (Å²) in [4.78, 5) is 27.5. The average molecular weight is 284 g/mol. The molecule has 0 aromatic heterocycles. The lowest BCUT2D eigenvalue weighted by Gasteiger charge is -2.27. The molecule has 1 heterocycles. The number of amides is 1. The van der Waals surface area contributed by atoms with Crippen molar-refractivity contribution in [1.82, 2.24) is 9.80 Å². The number of carbonyl (C=O) groups is 2. The summed E-state index contributed by atoms with van der Waals surface area (Å²) in [6.45, 7) is 4.49. The average Bonchev–Trinajstić information content (AvgIpc) is 2.36. The van der Waals surface area contributed by atoms with Gasteiger partial charge in [-0.25, -0.2) is 0 Å². The van der Waals surface area contributed by atoms with E-state index in [0.29, 0.717) is 13.1 Å². The second-order valence-electron chi connectivity index (χ2n) is 5.77. The van der Waals surface area contributed by atoms with Crippen LogP contribution >= 0.6 is 0 Å². The van der Waals surface area contributed by atoms with Crippen molar-refractivity contribution < 1.29 is 14.3 Å². The summed E-state index contributed by atoms with van der Waals surface area (Å²) in [5.74, 6) is -0.257. The van der Waals surface area contributed by atoms with E-state index in [1.165, 1.54) is 26.4 Å². The van der Waals surface area contributed by atoms with Gasteiger partial charge in [-0.3, -0.25) is 14.5 Å². The highest BCUT2D eigenvalue weighted by molar-refractivity contribution is 5.78. The van der Waals surface area contributed by atoms with Crippen molar-refractivity contribution in [3.05, 3.63) is 0 Å². The highest BCUT2D eigenvalue weighted by Crippen LogP contribution is 2.11. The van der Waals surface area contributed by atoms with E-state index in [0.717, 1.165) is 25.9 Å². The van der Waals surface area contributed by atoms with Crippen molar-refractivity contribution in [3.8, 4) is 0 Å². The number of rotatable bonds is 5. The summed E-state index contributed by atoms with van der Waals surface area (Å²) in [5, 5.41) is 0. The number of nitrogens with zero attached hydrogens (tertiary/aromatic N) is 2. The lowest BCUT2D eigenvalue weighted by molar-refractivity contribution is -0.146. The summed E-state index contributed by atoms with van der Waals surface area (Å²) in [6.07, 6.45) is 5.94. The molecule has 1 rings (SSSR count). The molecule has 0 spiro atoms. The third-order valence-electron chi connectivity index (χ3n) is 3.80. The van der Waals surface area contributed by atoms with Gasteiger partial charge >= 0.3 is 5.97 Å². The maximum Gasteiger partial charge on any atom is 0.309 e. The zero-order valence-corrected chi connectivity index (χ0v) is 13.1. The van der Waals surface area contributed by atoms with E-state index >= 15 is 0 Å². The van der Waals surface area contributed by atoms with Gasteiger partial charge in [0.15, 0.2) is 0 Å². The number of hydrogen-bond acceptors (Lipinski definition) is 4. The first kappa shape index (κ1) is 17.0. The number of ether oxygens (including phenoxy) is 1. The van der Waals surface area contributed by atoms with E-state index < -0.39 is 0 Å². The fraction of sp³-hybridized carbons (Fsp3) is 0.867. The van der Waals surface area contributed by atoms with Gasteiger partial charge in [-0.05, 0) is 19.9 Å². The molecule has 1 atom stereocenters. The van der Waals surface area contributed by atoms with Gasteiger partial charge in [-0.2, -0.15) is 0 Å². The normalized spacial score (nSPS) is 18.3. The minimum atomic E-state index is -0.226. The first-order valence-electron chi connectivity index (χ1n) is 7.58. The topological polar surface area (TPSA) is 49.9 Å². The van der Waals surface area contributed by atoms with Crippen LogP contribution in [0.5, 0.6) is 0 Å². The molecule has 116 valence electrons. The van der Waals surface area contributed by atoms with Crippen LogP contribution in [0.2, 0.25) is 0 Å². The minimum absolute atomic E-state index is 0.173. The van der Waals surface area contributed by atoms with E-state index in [9.17, 15) is 9.59 Å². The zero-order valence-electron chi connectivity index (χ0n) is 13.1. The standard InChI is InChI=1S/C15H28N2O3/c1-13(15(19)20-3)11-16(2)12-14(18)17-9-7-5-4-6-8-10-17/h13H,4-12H2,1-3H3. The Balaban J connectivity index is 2.37. The third-order valence-corrected chi connectivity index (χ3v) is 3.80. The Morgan fingerprint density at radius 1 is 1.15 bits per heavy atom. The van der Waals surface area contributed by atoms with E-state index in [2.05, 4.69) is 0 Å². The molecule has 1 amide bonds. The van der Waals surface area contributed by atoms with Gasteiger partial charge in [-0.1, -0.05) is 26.2 Å². The molecule has 1 aliphatic heterocycles. The lowest BCUT2D eigenvalue weighted by atomic mass is 10.1. The molecule has 0 aromatic rings. The van der Waals surface area contributed by atoms with Crippen molar-refractivity contribution in [2.24, 2.45) is 5.92 Å². The Morgan fingerprint density at radius 2 is 1.70 bits per heavy atom. The number of methoxy groups -OCH3 is 1. The van der Waals surface area contributed by atoms with E-state index in [1.54, 1.807) is 0 Å². The Morgan fingerprint density at radius 3 is 2.25 bits per heavy atom.